The Morgan fingerprint density at radius 2 is 1.89 bits per heavy atom. The van der Waals surface area contributed by atoms with Gasteiger partial charge < -0.3 is 9.67 Å². The smallest absolute Gasteiger partial charge is 0.230 e. The second kappa shape index (κ2) is 6.33. The number of fused-ring (bicyclic) bond motifs is 1. The first kappa shape index (κ1) is 19.9. The molecule has 0 aliphatic heterocycles. The van der Waals surface area contributed by atoms with E-state index in [1.807, 2.05) is 25.1 Å². The van der Waals surface area contributed by atoms with Crippen LogP contribution in [0.5, 0.6) is 0 Å². The molecule has 0 bridgehead atoms. The topological polar surface area (TPSA) is 67.2 Å². The lowest BCUT2D eigenvalue weighted by atomic mass is 9.78. The lowest BCUT2D eigenvalue weighted by molar-refractivity contribution is -0.122. The maximum atomic E-state index is 12.8. The van der Waals surface area contributed by atoms with Gasteiger partial charge in [0.15, 0.2) is 0 Å². The number of rotatable bonds is 4. The average Bonchev–Trinajstić information content (AvgIpc) is 2.87. The molecule has 1 saturated carbocycles. The van der Waals surface area contributed by atoms with Crippen LogP contribution in [-0.2, 0) is 15.9 Å². The van der Waals surface area contributed by atoms with E-state index in [9.17, 15) is 9.90 Å². The lowest BCUT2D eigenvalue weighted by Crippen LogP contribution is -2.39. The van der Waals surface area contributed by atoms with Crippen molar-refractivity contribution in [3.05, 3.63) is 23.8 Å². The molecule has 0 saturated heterocycles. The van der Waals surface area contributed by atoms with Gasteiger partial charge in [0.2, 0.25) is 11.9 Å². The van der Waals surface area contributed by atoms with Crippen molar-refractivity contribution < 1.29 is 9.90 Å². The molecule has 148 valence electrons. The largest absolute Gasteiger partial charge is 0.386 e. The number of imidazole rings is 1. The van der Waals surface area contributed by atoms with Crippen molar-refractivity contribution in [1.82, 2.24) is 9.55 Å². The Kier molecular flexibility index (Phi) is 4.66. The number of nitrogens with zero attached hydrogens (tertiary/aromatic N) is 2. The number of hydrogen-bond acceptors (Lipinski definition) is 3. The maximum absolute atomic E-state index is 12.8. The third-order valence-electron chi connectivity index (χ3n) is 6.26. The van der Waals surface area contributed by atoms with Gasteiger partial charge in [-0.25, -0.2) is 4.98 Å². The summed E-state index contributed by atoms with van der Waals surface area (Å²) < 4.78 is 2.17. The van der Waals surface area contributed by atoms with Gasteiger partial charge in [0.1, 0.15) is 0 Å². The Labute approximate surface area is 162 Å². The number of carbonyl (C=O) groups is 1. The summed E-state index contributed by atoms with van der Waals surface area (Å²) in [6, 6.07) is 5.85. The highest BCUT2D eigenvalue weighted by atomic mass is 16.3. The van der Waals surface area contributed by atoms with Crippen LogP contribution in [0.1, 0.15) is 73.3 Å². The van der Waals surface area contributed by atoms with Gasteiger partial charge in [-0.1, -0.05) is 33.8 Å². The number of nitrogens with one attached hydrogen (secondary N) is 1. The van der Waals surface area contributed by atoms with Gasteiger partial charge in [0.25, 0.3) is 0 Å². The third kappa shape index (κ3) is 3.62. The quantitative estimate of drug-likeness (QED) is 0.812. The predicted molar refractivity (Wildman–Crippen MR) is 110 cm³/mol. The molecule has 1 unspecified atom stereocenters. The minimum absolute atomic E-state index is 0.00955. The lowest BCUT2D eigenvalue weighted by Gasteiger charge is -2.41. The molecule has 0 radical (unpaired) electrons. The van der Waals surface area contributed by atoms with E-state index in [1.165, 1.54) is 6.42 Å². The van der Waals surface area contributed by atoms with Crippen molar-refractivity contribution in [2.24, 2.45) is 11.3 Å². The zero-order valence-corrected chi connectivity index (χ0v) is 17.7. The maximum Gasteiger partial charge on any atom is 0.230 e. The highest BCUT2D eigenvalue weighted by Gasteiger charge is 2.38. The van der Waals surface area contributed by atoms with Gasteiger partial charge in [0.05, 0.1) is 16.6 Å². The fourth-order valence-corrected chi connectivity index (χ4v) is 3.61. The fraction of sp³-hybridized carbons (Fsp3) is 0.636. The Morgan fingerprint density at radius 1 is 1.26 bits per heavy atom. The summed E-state index contributed by atoms with van der Waals surface area (Å²) in [5, 5.41) is 13.5. The van der Waals surface area contributed by atoms with E-state index in [-0.39, 0.29) is 22.8 Å². The molecule has 2 aromatic rings. The van der Waals surface area contributed by atoms with E-state index in [2.05, 4.69) is 37.6 Å². The first-order valence-corrected chi connectivity index (χ1v) is 9.90. The molecule has 27 heavy (non-hydrogen) atoms. The monoisotopic (exact) mass is 371 g/mol. The average molecular weight is 372 g/mol. The SMILES string of the molecule is CC(C(=O)Nc1nc2ccc(C(C)(C)O)cc2n1C1(C)CCC1)C(C)(C)C. The Balaban J connectivity index is 2.10. The van der Waals surface area contributed by atoms with Crippen molar-refractivity contribution >= 4 is 22.9 Å². The Bertz CT molecular complexity index is 864. The van der Waals surface area contributed by atoms with Crippen molar-refractivity contribution in [1.29, 1.82) is 0 Å². The number of benzene rings is 1. The first-order chi connectivity index (χ1) is 12.3. The first-order valence-electron chi connectivity index (χ1n) is 9.90. The number of carbonyl (C=O) groups excluding carboxylic acids is 1. The molecule has 3 rings (SSSR count). The van der Waals surface area contributed by atoms with Gasteiger partial charge in [-0.15, -0.1) is 0 Å². The van der Waals surface area contributed by atoms with Crippen LogP contribution in [0.2, 0.25) is 0 Å². The normalized spacial score (nSPS) is 18.2. The summed E-state index contributed by atoms with van der Waals surface area (Å²) >= 11 is 0. The third-order valence-corrected chi connectivity index (χ3v) is 6.26. The molecular formula is C22H33N3O2. The van der Waals surface area contributed by atoms with E-state index >= 15 is 0 Å². The molecule has 1 amide bonds. The molecule has 5 nitrogen and oxygen atoms in total. The van der Waals surface area contributed by atoms with E-state index in [4.69, 9.17) is 4.98 Å². The molecule has 1 heterocycles. The van der Waals surface area contributed by atoms with E-state index in [0.29, 0.717) is 5.95 Å². The minimum atomic E-state index is -0.923. The van der Waals surface area contributed by atoms with Gasteiger partial charge in [-0.05, 0) is 63.1 Å². The van der Waals surface area contributed by atoms with Crippen LogP contribution in [0.3, 0.4) is 0 Å². The summed E-state index contributed by atoms with van der Waals surface area (Å²) in [5.41, 5.74) is 1.56. The summed E-state index contributed by atoms with van der Waals surface area (Å²) in [4.78, 5) is 17.6. The molecule has 1 aliphatic rings. The number of aromatic nitrogens is 2. The van der Waals surface area contributed by atoms with Crippen LogP contribution in [0.4, 0.5) is 5.95 Å². The van der Waals surface area contributed by atoms with Crippen molar-refractivity contribution in [3.63, 3.8) is 0 Å². The van der Waals surface area contributed by atoms with Crippen LogP contribution in [0.15, 0.2) is 18.2 Å². The van der Waals surface area contributed by atoms with E-state index in [0.717, 1.165) is 29.4 Å². The highest BCUT2D eigenvalue weighted by Crippen LogP contribution is 2.43. The molecule has 1 aromatic heterocycles. The summed E-state index contributed by atoms with van der Waals surface area (Å²) in [5.74, 6) is 0.470. The van der Waals surface area contributed by atoms with Crippen LogP contribution in [-0.4, -0.2) is 20.6 Å². The van der Waals surface area contributed by atoms with Crippen LogP contribution >= 0.6 is 0 Å². The second-order valence-corrected chi connectivity index (χ2v) is 9.96. The number of amides is 1. The molecule has 2 N–H and O–H groups in total. The minimum Gasteiger partial charge on any atom is -0.386 e. The molecule has 1 aromatic carbocycles. The molecule has 1 fully saturated rings. The molecule has 0 spiro atoms. The molecule has 1 atom stereocenters. The van der Waals surface area contributed by atoms with Gasteiger partial charge in [-0.3, -0.25) is 10.1 Å². The second-order valence-electron chi connectivity index (χ2n) is 9.96. The number of aliphatic hydroxyl groups is 1. The Hall–Kier alpha value is -1.88. The highest BCUT2D eigenvalue weighted by molar-refractivity contribution is 5.93. The van der Waals surface area contributed by atoms with Crippen LogP contribution in [0.25, 0.3) is 11.0 Å². The van der Waals surface area contributed by atoms with E-state index < -0.39 is 5.60 Å². The summed E-state index contributed by atoms with van der Waals surface area (Å²) in [6.45, 7) is 14.0. The number of hydrogen-bond donors (Lipinski definition) is 2. The molecule has 1 aliphatic carbocycles. The summed E-state index contributed by atoms with van der Waals surface area (Å²) in [6.07, 6.45) is 3.29. The van der Waals surface area contributed by atoms with E-state index in [1.54, 1.807) is 13.8 Å². The van der Waals surface area contributed by atoms with Crippen molar-refractivity contribution in [2.45, 2.75) is 78.9 Å². The van der Waals surface area contributed by atoms with Crippen molar-refractivity contribution in [3.8, 4) is 0 Å². The Morgan fingerprint density at radius 3 is 2.37 bits per heavy atom. The van der Waals surface area contributed by atoms with Crippen LogP contribution < -0.4 is 5.32 Å². The predicted octanol–water partition coefficient (Wildman–Crippen LogP) is 4.78. The fourth-order valence-electron chi connectivity index (χ4n) is 3.61. The van der Waals surface area contributed by atoms with Crippen molar-refractivity contribution in [2.75, 3.05) is 5.32 Å². The number of anilines is 1. The zero-order valence-electron chi connectivity index (χ0n) is 17.7. The van der Waals surface area contributed by atoms with Gasteiger partial charge >= 0.3 is 0 Å². The van der Waals surface area contributed by atoms with Gasteiger partial charge in [-0.2, -0.15) is 0 Å². The zero-order chi connectivity index (χ0) is 20.2. The summed E-state index contributed by atoms with van der Waals surface area (Å²) in [7, 11) is 0. The molecular weight excluding hydrogens is 338 g/mol. The molecule has 5 heteroatoms. The standard InChI is InChI=1S/C22H33N3O2/c1-14(20(2,3)4)18(26)24-19-23-16-10-9-15(21(5,6)27)13-17(16)25(19)22(7)11-8-12-22/h9-10,13-14,27H,8,11-12H2,1-7H3,(H,23,24,26). The van der Waals surface area contributed by atoms with Gasteiger partial charge in [0, 0.05) is 11.5 Å². The van der Waals surface area contributed by atoms with Crippen LogP contribution in [0, 0.1) is 11.3 Å².